The van der Waals surface area contributed by atoms with Gasteiger partial charge in [0, 0.05) is 16.9 Å². The Balaban J connectivity index is 1.93. The van der Waals surface area contributed by atoms with E-state index in [2.05, 4.69) is 18.9 Å². The van der Waals surface area contributed by atoms with E-state index >= 15 is 0 Å². The van der Waals surface area contributed by atoms with Crippen molar-refractivity contribution in [3.8, 4) is 5.69 Å². The summed E-state index contributed by atoms with van der Waals surface area (Å²) in [6.07, 6.45) is 1.66. The van der Waals surface area contributed by atoms with E-state index in [0.717, 1.165) is 16.3 Å². The Morgan fingerprint density at radius 3 is 2.60 bits per heavy atom. The Morgan fingerprint density at radius 2 is 2.00 bits per heavy atom. The van der Waals surface area contributed by atoms with Crippen molar-refractivity contribution >= 4 is 28.8 Å². The molecule has 0 unspecified atom stereocenters. The second kappa shape index (κ2) is 7.42. The molecule has 4 nitrogen and oxygen atoms in total. The standard InChI is InChI=1S/C19H20ClN3OS/c1-13(2)18-17(19(24)22(3)12-16-5-4-10-25-16)11-21-23(18)15-8-6-14(20)7-9-15/h4-11,13H,12H2,1-3H3. The van der Waals surface area contributed by atoms with Gasteiger partial charge >= 0.3 is 0 Å². The molecule has 0 saturated heterocycles. The number of hydrogen-bond donors (Lipinski definition) is 0. The molecule has 2 aromatic heterocycles. The van der Waals surface area contributed by atoms with Crippen LogP contribution in [0.1, 0.15) is 40.7 Å². The van der Waals surface area contributed by atoms with Crippen LogP contribution in [0.3, 0.4) is 0 Å². The van der Waals surface area contributed by atoms with Gasteiger partial charge in [-0.25, -0.2) is 4.68 Å². The number of amides is 1. The maximum Gasteiger partial charge on any atom is 0.257 e. The lowest BCUT2D eigenvalue weighted by Crippen LogP contribution is -2.26. The molecule has 0 saturated carbocycles. The molecule has 6 heteroatoms. The molecule has 0 fully saturated rings. The Hall–Kier alpha value is -2.11. The number of carbonyl (C=O) groups is 1. The highest BCUT2D eigenvalue weighted by atomic mass is 35.5. The zero-order valence-electron chi connectivity index (χ0n) is 14.4. The number of thiophene rings is 1. The van der Waals surface area contributed by atoms with E-state index in [1.165, 1.54) is 0 Å². The van der Waals surface area contributed by atoms with Crippen LogP contribution in [0.25, 0.3) is 5.69 Å². The zero-order chi connectivity index (χ0) is 18.0. The van der Waals surface area contributed by atoms with Gasteiger partial charge in [-0.05, 0) is 41.6 Å². The lowest BCUT2D eigenvalue weighted by Gasteiger charge is -2.18. The van der Waals surface area contributed by atoms with Crippen molar-refractivity contribution in [2.24, 2.45) is 0 Å². The largest absolute Gasteiger partial charge is 0.336 e. The summed E-state index contributed by atoms with van der Waals surface area (Å²) in [6.45, 7) is 4.74. The van der Waals surface area contributed by atoms with Crippen LogP contribution in [0.4, 0.5) is 0 Å². The van der Waals surface area contributed by atoms with E-state index < -0.39 is 0 Å². The quantitative estimate of drug-likeness (QED) is 0.632. The molecule has 0 spiro atoms. The molecule has 0 aliphatic heterocycles. The molecule has 25 heavy (non-hydrogen) atoms. The first-order chi connectivity index (χ1) is 12.0. The summed E-state index contributed by atoms with van der Waals surface area (Å²) in [5.74, 6) is 0.143. The van der Waals surface area contributed by atoms with Crippen LogP contribution in [0, 0.1) is 0 Å². The Kier molecular flexibility index (Phi) is 5.25. The molecule has 3 rings (SSSR count). The van der Waals surface area contributed by atoms with Gasteiger partial charge in [0.1, 0.15) is 0 Å². The smallest absolute Gasteiger partial charge is 0.257 e. The second-order valence-corrected chi connectivity index (χ2v) is 7.70. The maximum absolute atomic E-state index is 13.0. The van der Waals surface area contributed by atoms with Crippen molar-refractivity contribution in [1.29, 1.82) is 0 Å². The molecule has 2 heterocycles. The summed E-state index contributed by atoms with van der Waals surface area (Å²) in [4.78, 5) is 15.8. The molecule has 1 amide bonds. The fourth-order valence-electron chi connectivity index (χ4n) is 2.78. The number of carbonyl (C=O) groups excluding carboxylic acids is 1. The third kappa shape index (κ3) is 3.78. The van der Waals surface area contributed by atoms with Crippen molar-refractivity contribution in [3.63, 3.8) is 0 Å². The van der Waals surface area contributed by atoms with Crippen LogP contribution in [-0.4, -0.2) is 27.6 Å². The second-order valence-electron chi connectivity index (χ2n) is 6.23. The van der Waals surface area contributed by atoms with Crippen molar-refractivity contribution in [1.82, 2.24) is 14.7 Å². The van der Waals surface area contributed by atoms with Gasteiger partial charge in [0.2, 0.25) is 0 Å². The van der Waals surface area contributed by atoms with Gasteiger partial charge in [0.15, 0.2) is 0 Å². The minimum absolute atomic E-state index is 0.0164. The van der Waals surface area contributed by atoms with Gasteiger partial charge in [-0.1, -0.05) is 31.5 Å². The van der Waals surface area contributed by atoms with Gasteiger partial charge in [0.25, 0.3) is 5.91 Å². The number of nitrogens with zero attached hydrogens (tertiary/aromatic N) is 3. The average Bonchev–Trinajstić information content (AvgIpc) is 3.24. The monoisotopic (exact) mass is 373 g/mol. The summed E-state index contributed by atoms with van der Waals surface area (Å²) < 4.78 is 1.83. The fraction of sp³-hybridized carbons (Fsp3) is 0.263. The van der Waals surface area contributed by atoms with E-state index in [4.69, 9.17) is 11.6 Å². The summed E-state index contributed by atoms with van der Waals surface area (Å²) in [5, 5.41) is 7.16. The minimum atomic E-state index is -0.0164. The molecular formula is C19H20ClN3OS. The molecule has 0 aliphatic carbocycles. The topological polar surface area (TPSA) is 38.1 Å². The highest BCUT2D eigenvalue weighted by molar-refractivity contribution is 7.09. The average molecular weight is 374 g/mol. The number of hydrogen-bond acceptors (Lipinski definition) is 3. The summed E-state index contributed by atoms with van der Waals surface area (Å²) in [7, 11) is 1.83. The van der Waals surface area contributed by atoms with Crippen molar-refractivity contribution in [2.75, 3.05) is 7.05 Å². The molecule has 0 bridgehead atoms. The highest BCUT2D eigenvalue weighted by Gasteiger charge is 2.23. The van der Waals surface area contributed by atoms with Gasteiger partial charge in [-0.3, -0.25) is 4.79 Å². The number of rotatable bonds is 5. The predicted octanol–water partition coefficient (Wildman–Crippen LogP) is 4.98. The first-order valence-electron chi connectivity index (χ1n) is 8.09. The van der Waals surface area contributed by atoms with Crippen LogP contribution in [0.5, 0.6) is 0 Å². The molecule has 130 valence electrons. The third-order valence-corrected chi connectivity index (χ3v) is 5.09. The summed E-state index contributed by atoms with van der Waals surface area (Å²) in [5.41, 5.74) is 2.45. The van der Waals surface area contributed by atoms with E-state index in [9.17, 15) is 4.79 Å². The zero-order valence-corrected chi connectivity index (χ0v) is 16.0. The first-order valence-corrected chi connectivity index (χ1v) is 9.35. The van der Waals surface area contributed by atoms with E-state index in [0.29, 0.717) is 17.1 Å². The maximum atomic E-state index is 13.0. The molecule has 0 N–H and O–H groups in total. The third-order valence-electron chi connectivity index (χ3n) is 3.97. The lowest BCUT2D eigenvalue weighted by atomic mass is 10.0. The van der Waals surface area contributed by atoms with Crippen molar-refractivity contribution in [3.05, 3.63) is 69.1 Å². The fourth-order valence-corrected chi connectivity index (χ4v) is 3.66. The summed E-state index contributed by atoms with van der Waals surface area (Å²) in [6, 6.07) is 11.5. The van der Waals surface area contributed by atoms with Crippen LogP contribution in [0.15, 0.2) is 48.0 Å². The van der Waals surface area contributed by atoms with Gasteiger partial charge in [0.05, 0.1) is 29.7 Å². The Labute approximate surface area is 156 Å². The van der Waals surface area contributed by atoms with E-state index in [1.54, 1.807) is 22.4 Å². The lowest BCUT2D eigenvalue weighted by molar-refractivity contribution is 0.0785. The number of benzene rings is 1. The minimum Gasteiger partial charge on any atom is -0.336 e. The molecule has 0 aliphatic rings. The van der Waals surface area contributed by atoms with Gasteiger partial charge in [-0.15, -0.1) is 11.3 Å². The molecule has 0 atom stereocenters. The first kappa shape index (κ1) is 17.7. The number of halogens is 1. The normalized spacial score (nSPS) is 11.1. The van der Waals surface area contributed by atoms with Gasteiger partial charge in [-0.2, -0.15) is 5.10 Å². The molecule has 1 aromatic carbocycles. The van der Waals surface area contributed by atoms with E-state index in [1.807, 2.05) is 53.5 Å². The van der Waals surface area contributed by atoms with Crippen LogP contribution >= 0.6 is 22.9 Å². The Bertz CT molecular complexity index is 853. The SMILES string of the molecule is CC(C)c1c(C(=O)N(C)Cc2cccs2)cnn1-c1ccc(Cl)cc1. The molecule has 3 aromatic rings. The highest BCUT2D eigenvalue weighted by Crippen LogP contribution is 2.25. The van der Waals surface area contributed by atoms with Crippen LogP contribution in [0.2, 0.25) is 5.02 Å². The summed E-state index contributed by atoms with van der Waals surface area (Å²) >= 11 is 7.63. The predicted molar refractivity (Wildman–Crippen MR) is 103 cm³/mol. The van der Waals surface area contributed by atoms with E-state index in [-0.39, 0.29) is 11.8 Å². The van der Waals surface area contributed by atoms with Crippen molar-refractivity contribution in [2.45, 2.75) is 26.3 Å². The number of aromatic nitrogens is 2. The van der Waals surface area contributed by atoms with Gasteiger partial charge < -0.3 is 4.90 Å². The Morgan fingerprint density at radius 1 is 1.28 bits per heavy atom. The van der Waals surface area contributed by atoms with Crippen LogP contribution < -0.4 is 0 Å². The molecule has 0 radical (unpaired) electrons. The van der Waals surface area contributed by atoms with Crippen LogP contribution in [-0.2, 0) is 6.54 Å². The van der Waals surface area contributed by atoms with Crippen molar-refractivity contribution < 1.29 is 4.79 Å². The molecular weight excluding hydrogens is 354 g/mol.